The number of hydrogen-bond acceptors (Lipinski definition) is 4. The number of hydrogen-bond donors (Lipinski definition) is 2. The third kappa shape index (κ3) is 3.64. The Morgan fingerprint density at radius 3 is 2.67 bits per heavy atom. The number of aliphatic carboxylic acids is 1. The zero-order chi connectivity index (χ0) is 15.3. The van der Waals surface area contributed by atoms with Crippen molar-refractivity contribution in [2.75, 3.05) is 13.7 Å². The van der Waals surface area contributed by atoms with Crippen molar-refractivity contribution in [3.8, 4) is 0 Å². The molecule has 0 unspecified atom stereocenters. The van der Waals surface area contributed by atoms with Crippen LogP contribution in [0.25, 0.3) is 0 Å². The normalized spacial score (nSPS) is 17.4. The lowest BCUT2D eigenvalue weighted by Gasteiger charge is -2.33. The Kier molecular flexibility index (Phi) is 5.01. The van der Waals surface area contributed by atoms with Crippen LogP contribution in [0.2, 0.25) is 0 Å². The van der Waals surface area contributed by atoms with Crippen LogP contribution in [0.15, 0.2) is 16.5 Å². The van der Waals surface area contributed by atoms with Gasteiger partial charge in [-0.1, -0.05) is 19.3 Å². The van der Waals surface area contributed by atoms with Crippen molar-refractivity contribution >= 4 is 11.9 Å². The Hall–Kier alpha value is -1.82. The van der Waals surface area contributed by atoms with E-state index in [-0.39, 0.29) is 18.2 Å². The highest BCUT2D eigenvalue weighted by Gasteiger charge is 2.39. The first kappa shape index (κ1) is 15.6. The average molecular weight is 295 g/mol. The Morgan fingerprint density at radius 2 is 2.05 bits per heavy atom. The molecule has 0 radical (unpaired) electrons. The number of furan rings is 1. The van der Waals surface area contributed by atoms with Crippen LogP contribution < -0.4 is 5.32 Å². The molecule has 0 spiro atoms. The Bertz CT molecular complexity index is 502. The summed E-state index contributed by atoms with van der Waals surface area (Å²) in [5.41, 5.74) is -0.837. The highest BCUT2D eigenvalue weighted by Crippen LogP contribution is 2.36. The summed E-state index contributed by atoms with van der Waals surface area (Å²) in [7, 11) is 1.54. The van der Waals surface area contributed by atoms with Crippen molar-refractivity contribution in [2.24, 2.45) is 5.41 Å². The van der Waals surface area contributed by atoms with E-state index in [4.69, 9.17) is 9.15 Å². The lowest BCUT2D eigenvalue weighted by molar-refractivity contribution is -0.150. The smallest absolute Gasteiger partial charge is 0.311 e. The maximum atomic E-state index is 12.0. The third-order valence-electron chi connectivity index (χ3n) is 4.02. The van der Waals surface area contributed by atoms with Crippen molar-refractivity contribution < 1.29 is 23.8 Å². The van der Waals surface area contributed by atoms with Crippen molar-refractivity contribution in [2.45, 2.75) is 38.7 Å². The molecule has 0 aliphatic heterocycles. The van der Waals surface area contributed by atoms with Crippen LogP contribution in [-0.4, -0.2) is 30.6 Å². The van der Waals surface area contributed by atoms with Gasteiger partial charge in [0.1, 0.15) is 12.4 Å². The molecular formula is C15H21NO5. The van der Waals surface area contributed by atoms with Crippen LogP contribution in [0.3, 0.4) is 0 Å². The minimum atomic E-state index is -0.837. The maximum Gasteiger partial charge on any atom is 0.311 e. The molecule has 116 valence electrons. The number of nitrogens with one attached hydrogen (secondary N) is 1. The van der Waals surface area contributed by atoms with Gasteiger partial charge in [-0.25, -0.2) is 0 Å². The van der Waals surface area contributed by atoms with Gasteiger partial charge in [-0.15, -0.1) is 0 Å². The Morgan fingerprint density at radius 1 is 1.33 bits per heavy atom. The lowest BCUT2D eigenvalue weighted by Crippen LogP contribution is -2.44. The third-order valence-corrected chi connectivity index (χ3v) is 4.02. The first-order valence-electron chi connectivity index (χ1n) is 7.17. The molecule has 6 heteroatoms. The topological polar surface area (TPSA) is 88.8 Å². The molecule has 1 aliphatic rings. The minimum absolute atomic E-state index is 0.140. The van der Waals surface area contributed by atoms with E-state index in [1.807, 2.05) is 0 Å². The van der Waals surface area contributed by atoms with E-state index in [1.54, 1.807) is 19.2 Å². The molecule has 2 rings (SSSR count). The SMILES string of the molecule is COCc1ccc(C(=O)NCC2(C(=O)O)CCCCC2)o1. The van der Waals surface area contributed by atoms with Gasteiger partial charge >= 0.3 is 5.97 Å². The van der Waals surface area contributed by atoms with Crippen molar-refractivity contribution in [3.05, 3.63) is 23.7 Å². The van der Waals surface area contributed by atoms with Gasteiger partial charge in [-0.2, -0.15) is 0 Å². The molecule has 1 aliphatic carbocycles. The van der Waals surface area contributed by atoms with E-state index in [1.165, 1.54) is 0 Å². The van der Waals surface area contributed by atoms with Gasteiger partial charge in [0.25, 0.3) is 5.91 Å². The molecule has 1 aromatic rings. The molecule has 1 heterocycles. The molecule has 1 aromatic heterocycles. The molecule has 0 bridgehead atoms. The molecule has 6 nitrogen and oxygen atoms in total. The number of methoxy groups -OCH3 is 1. The number of carbonyl (C=O) groups excluding carboxylic acids is 1. The second-order valence-corrected chi connectivity index (χ2v) is 5.53. The van der Waals surface area contributed by atoms with Gasteiger partial charge in [0, 0.05) is 13.7 Å². The zero-order valence-corrected chi connectivity index (χ0v) is 12.2. The summed E-state index contributed by atoms with van der Waals surface area (Å²) in [6, 6.07) is 3.24. The van der Waals surface area contributed by atoms with E-state index in [0.29, 0.717) is 25.2 Å². The van der Waals surface area contributed by atoms with E-state index in [2.05, 4.69) is 5.32 Å². The number of carboxylic acid groups (broad SMARTS) is 1. The lowest BCUT2D eigenvalue weighted by atomic mass is 9.74. The van der Waals surface area contributed by atoms with Crippen molar-refractivity contribution in [3.63, 3.8) is 0 Å². The van der Waals surface area contributed by atoms with E-state index in [9.17, 15) is 14.7 Å². The van der Waals surface area contributed by atoms with Gasteiger partial charge in [0.2, 0.25) is 0 Å². The molecule has 21 heavy (non-hydrogen) atoms. The van der Waals surface area contributed by atoms with E-state index in [0.717, 1.165) is 19.3 Å². The first-order valence-corrected chi connectivity index (χ1v) is 7.17. The van der Waals surface area contributed by atoms with Gasteiger partial charge in [0.05, 0.1) is 5.41 Å². The molecule has 0 aromatic carbocycles. The van der Waals surface area contributed by atoms with Crippen LogP contribution in [0, 0.1) is 5.41 Å². The number of ether oxygens (including phenoxy) is 1. The van der Waals surface area contributed by atoms with Crippen LogP contribution in [0.4, 0.5) is 0 Å². The largest absolute Gasteiger partial charge is 0.481 e. The summed E-state index contributed by atoms with van der Waals surface area (Å²) in [4.78, 5) is 23.6. The Labute approximate surface area is 123 Å². The highest BCUT2D eigenvalue weighted by atomic mass is 16.5. The fourth-order valence-corrected chi connectivity index (χ4v) is 2.75. The predicted octanol–water partition coefficient (Wildman–Crippen LogP) is 2.19. The first-order chi connectivity index (χ1) is 10.1. The van der Waals surface area contributed by atoms with Gasteiger partial charge in [-0.3, -0.25) is 9.59 Å². The van der Waals surface area contributed by atoms with Crippen molar-refractivity contribution in [1.82, 2.24) is 5.32 Å². The summed E-state index contributed by atoms with van der Waals surface area (Å²) in [6.07, 6.45) is 4.05. The van der Waals surface area contributed by atoms with E-state index >= 15 is 0 Å². The molecule has 0 atom stereocenters. The van der Waals surface area contributed by atoms with Crippen molar-refractivity contribution in [1.29, 1.82) is 0 Å². The zero-order valence-electron chi connectivity index (χ0n) is 12.2. The summed E-state index contributed by atoms with van der Waals surface area (Å²) in [6.45, 7) is 0.438. The van der Waals surface area contributed by atoms with Gasteiger partial charge in [0.15, 0.2) is 5.76 Å². The summed E-state index contributed by atoms with van der Waals surface area (Å²) < 4.78 is 10.3. The van der Waals surface area contributed by atoms with Gasteiger partial charge < -0.3 is 19.6 Å². The van der Waals surface area contributed by atoms with Gasteiger partial charge in [-0.05, 0) is 25.0 Å². The van der Waals surface area contributed by atoms with Crippen LogP contribution in [0.5, 0.6) is 0 Å². The molecule has 1 fully saturated rings. The predicted molar refractivity (Wildman–Crippen MR) is 74.9 cm³/mol. The molecule has 1 amide bonds. The molecule has 1 saturated carbocycles. The molecule has 0 saturated heterocycles. The summed E-state index contributed by atoms with van der Waals surface area (Å²) >= 11 is 0. The summed E-state index contributed by atoms with van der Waals surface area (Å²) in [5, 5.41) is 12.1. The minimum Gasteiger partial charge on any atom is -0.481 e. The number of amides is 1. The van der Waals surface area contributed by atoms with Crippen LogP contribution in [-0.2, 0) is 16.1 Å². The standard InChI is InChI=1S/C15H21NO5/c1-20-9-11-5-6-12(21-11)13(17)16-10-15(14(18)19)7-3-2-4-8-15/h5-6H,2-4,7-10H2,1H3,(H,16,17)(H,18,19). The fraction of sp³-hybridized carbons (Fsp3) is 0.600. The molecule has 2 N–H and O–H groups in total. The highest BCUT2D eigenvalue weighted by molar-refractivity contribution is 5.92. The second kappa shape index (κ2) is 6.76. The number of carbonyl (C=O) groups is 2. The monoisotopic (exact) mass is 295 g/mol. The quantitative estimate of drug-likeness (QED) is 0.839. The van der Waals surface area contributed by atoms with E-state index < -0.39 is 11.4 Å². The Balaban J connectivity index is 1.96. The summed E-state index contributed by atoms with van der Waals surface area (Å²) in [5.74, 6) is -0.475. The molecular weight excluding hydrogens is 274 g/mol. The average Bonchev–Trinajstić information content (AvgIpc) is 2.95. The maximum absolute atomic E-state index is 12.0. The number of carboxylic acids is 1. The number of rotatable bonds is 6. The van der Waals surface area contributed by atoms with Crippen LogP contribution in [0.1, 0.15) is 48.4 Å². The van der Waals surface area contributed by atoms with Crippen LogP contribution >= 0.6 is 0 Å². The fourth-order valence-electron chi connectivity index (χ4n) is 2.75. The second-order valence-electron chi connectivity index (χ2n) is 5.53.